The van der Waals surface area contributed by atoms with E-state index in [1.54, 1.807) is 18.2 Å². The highest BCUT2D eigenvalue weighted by atomic mass is 16.5. The summed E-state index contributed by atoms with van der Waals surface area (Å²) >= 11 is 0. The molecule has 0 radical (unpaired) electrons. The monoisotopic (exact) mass is 274 g/mol. The largest absolute Gasteiger partial charge is 0.364 e. The Bertz CT molecular complexity index is 514. The van der Waals surface area contributed by atoms with Gasteiger partial charge in [0.25, 0.3) is 5.91 Å². The summed E-state index contributed by atoms with van der Waals surface area (Å²) in [6.07, 6.45) is 0.348. The zero-order chi connectivity index (χ0) is 14.5. The molecule has 1 heterocycles. The molecule has 1 fully saturated rings. The summed E-state index contributed by atoms with van der Waals surface area (Å²) in [7, 11) is 0. The number of benzene rings is 1. The summed E-state index contributed by atoms with van der Waals surface area (Å²) in [6, 6.07) is 9.11. The highest BCUT2D eigenvalue weighted by Crippen LogP contribution is 2.12. The molecule has 2 rings (SSSR count). The van der Waals surface area contributed by atoms with E-state index in [9.17, 15) is 4.79 Å². The minimum atomic E-state index is -0.0657. The van der Waals surface area contributed by atoms with Crippen molar-refractivity contribution in [1.29, 1.82) is 5.26 Å². The number of carbonyl (C=O) groups excluding carboxylic acids is 1. The second-order valence-corrected chi connectivity index (χ2v) is 5.30. The number of rotatable bonds is 3. The molecule has 5 nitrogen and oxygen atoms in total. The Morgan fingerprint density at radius 1 is 1.40 bits per heavy atom. The molecule has 0 bridgehead atoms. The first-order chi connectivity index (χ1) is 9.58. The van der Waals surface area contributed by atoms with E-state index >= 15 is 0 Å². The molecule has 106 valence electrons. The lowest BCUT2D eigenvalue weighted by atomic mass is 10.2. The third-order valence-corrected chi connectivity index (χ3v) is 3.35. The van der Waals surface area contributed by atoms with Crippen LogP contribution in [0.3, 0.4) is 0 Å². The molecular weight excluding hydrogens is 254 g/mol. The van der Waals surface area contributed by atoms with Gasteiger partial charge in [-0.15, -0.1) is 0 Å². The van der Waals surface area contributed by atoms with E-state index in [1.165, 1.54) is 4.90 Å². The maximum Gasteiger partial charge on any atom is 0.279 e. The lowest BCUT2D eigenvalue weighted by Crippen LogP contribution is -3.16. The minimum absolute atomic E-state index is 0.0657. The number of hydrogen-bond donors (Lipinski definition) is 2. The average molecular weight is 274 g/mol. The van der Waals surface area contributed by atoms with Crippen molar-refractivity contribution in [2.45, 2.75) is 26.1 Å². The van der Waals surface area contributed by atoms with Gasteiger partial charge in [0.1, 0.15) is 31.4 Å². The van der Waals surface area contributed by atoms with Crippen LogP contribution in [0.5, 0.6) is 0 Å². The summed E-state index contributed by atoms with van der Waals surface area (Å²) in [5.74, 6) is -0.0657. The van der Waals surface area contributed by atoms with E-state index in [-0.39, 0.29) is 18.1 Å². The zero-order valence-corrected chi connectivity index (χ0v) is 11.8. The fraction of sp³-hybridized carbons (Fsp3) is 0.467. The zero-order valence-electron chi connectivity index (χ0n) is 11.8. The minimum Gasteiger partial charge on any atom is -0.364 e. The fourth-order valence-corrected chi connectivity index (χ4v) is 2.64. The van der Waals surface area contributed by atoms with Crippen LogP contribution < -0.4 is 10.2 Å². The van der Waals surface area contributed by atoms with Crippen molar-refractivity contribution < 1.29 is 14.4 Å². The van der Waals surface area contributed by atoms with Crippen molar-refractivity contribution in [3.05, 3.63) is 29.8 Å². The number of anilines is 1. The maximum atomic E-state index is 12.1. The quantitative estimate of drug-likeness (QED) is 0.827. The van der Waals surface area contributed by atoms with Crippen molar-refractivity contribution in [2.24, 2.45) is 0 Å². The van der Waals surface area contributed by atoms with Crippen molar-refractivity contribution in [3.63, 3.8) is 0 Å². The van der Waals surface area contributed by atoms with Crippen molar-refractivity contribution in [3.8, 4) is 6.07 Å². The third-order valence-electron chi connectivity index (χ3n) is 3.35. The standard InChI is InChI=1S/C15H19N3O2/c1-11-8-18(9-12(2)20-11)10-15(19)17-14-6-4-3-5-13(14)7-16/h3-6,11-12H,8-10H2,1-2H3,(H,17,19)/p+1/t11-,12+. The molecule has 1 aromatic carbocycles. The number of quaternary nitrogens is 1. The first kappa shape index (κ1) is 14.5. The first-order valence-corrected chi connectivity index (χ1v) is 6.86. The normalized spacial score (nSPS) is 25.8. The number of ether oxygens (including phenoxy) is 1. The first-order valence-electron chi connectivity index (χ1n) is 6.86. The molecule has 0 aliphatic carbocycles. The van der Waals surface area contributed by atoms with E-state index in [2.05, 4.69) is 11.4 Å². The highest BCUT2D eigenvalue weighted by molar-refractivity contribution is 5.92. The van der Waals surface area contributed by atoms with Crippen molar-refractivity contribution >= 4 is 11.6 Å². The molecule has 5 heteroatoms. The summed E-state index contributed by atoms with van der Waals surface area (Å²) in [5.41, 5.74) is 1.06. The third kappa shape index (κ3) is 3.80. The predicted octanol–water partition coefficient (Wildman–Crippen LogP) is 0.189. The van der Waals surface area contributed by atoms with Crippen LogP contribution in [-0.2, 0) is 9.53 Å². The van der Waals surface area contributed by atoms with Gasteiger partial charge in [-0.1, -0.05) is 12.1 Å². The van der Waals surface area contributed by atoms with Gasteiger partial charge in [0.2, 0.25) is 0 Å². The highest BCUT2D eigenvalue weighted by Gasteiger charge is 2.27. The number of para-hydroxylation sites is 1. The summed E-state index contributed by atoms with van der Waals surface area (Å²) < 4.78 is 5.66. The van der Waals surface area contributed by atoms with Gasteiger partial charge in [-0.05, 0) is 26.0 Å². The maximum absolute atomic E-state index is 12.1. The van der Waals surface area contributed by atoms with Gasteiger partial charge in [0, 0.05) is 0 Å². The van der Waals surface area contributed by atoms with Crippen LogP contribution in [0.25, 0.3) is 0 Å². The summed E-state index contributed by atoms with van der Waals surface area (Å²) in [4.78, 5) is 13.3. The molecule has 0 saturated carbocycles. The summed E-state index contributed by atoms with van der Waals surface area (Å²) in [6.45, 7) is 6.12. The molecule has 2 N–H and O–H groups in total. The van der Waals surface area contributed by atoms with Crippen molar-refractivity contribution in [2.75, 3.05) is 25.0 Å². The SMILES string of the molecule is C[C@@H]1C[NH+](CC(=O)Nc2ccccc2C#N)C[C@H](C)O1. The van der Waals surface area contributed by atoms with Gasteiger partial charge >= 0.3 is 0 Å². The molecule has 1 saturated heterocycles. The topological polar surface area (TPSA) is 66.6 Å². The number of nitriles is 1. The molecule has 1 aliphatic rings. The van der Waals surface area contributed by atoms with Gasteiger partial charge in [0.05, 0.1) is 11.3 Å². The number of nitrogens with one attached hydrogen (secondary N) is 2. The summed E-state index contributed by atoms with van der Waals surface area (Å²) in [5, 5.41) is 11.8. The molecular formula is C15H20N3O2+. The number of carbonyl (C=O) groups is 1. The Labute approximate surface area is 119 Å². The number of hydrogen-bond acceptors (Lipinski definition) is 3. The molecule has 0 spiro atoms. The molecule has 1 aliphatic heterocycles. The van der Waals surface area contributed by atoms with E-state index in [0.717, 1.165) is 13.1 Å². The van der Waals surface area contributed by atoms with Gasteiger partial charge in [0.15, 0.2) is 6.54 Å². The second kappa shape index (κ2) is 6.51. The number of nitrogens with zero attached hydrogens (tertiary/aromatic N) is 1. The van der Waals surface area contributed by atoms with Gasteiger partial charge in [-0.2, -0.15) is 5.26 Å². The lowest BCUT2D eigenvalue weighted by molar-refractivity contribution is -0.907. The predicted molar refractivity (Wildman–Crippen MR) is 75.4 cm³/mol. The van der Waals surface area contributed by atoms with Crippen LogP contribution in [0.2, 0.25) is 0 Å². The van der Waals surface area contributed by atoms with Crippen LogP contribution in [-0.4, -0.2) is 37.7 Å². The molecule has 1 aromatic rings. The average Bonchev–Trinajstić information content (AvgIpc) is 2.37. The molecule has 0 aromatic heterocycles. The fourth-order valence-electron chi connectivity index (χ4n) is 2.64. The van der Waals surface area contributed by atoms with Crippen LogP contribution in [0.4, 0.5) is 5.69 Å². The van der Waals surface area contributed by atoms with E-state index in [0.29, 0.717) is 17.8 Å². The van der Waals surface area contributed by atoms with E-state index in [1.807, 2.05) is 19.9 Å². The van der Waals surface area contributed by atoms with Crippen LogP contribution >= 0.6 is 0 Å². The molecule has 1 unspecified atom stereocenters. The Morgan fingerprint density at radius 3 is 2.70 bits per heavy atom. The van der Waals surface area contributed by atoms with Crippen LogP contribution in [0.15, 0.2) is 24.3 Å². The molecule has 1 amide bonds. The van der Waals surface area contributed by atoms with Crippen LogP contribution in [0, 0.1) is 11.3 Å². The Hall–Kier alpha value is -1.90. The Kier molecular flexibility index (Phi) is 4.72. The molecule has 20 heavy (non-hydrogen) atoms. The van der Waals surface area contributed by atoms with Gasteiger partial charge in [-0.25, -0.2) is 0 Å². The molecule has 3 atom stereocenters. The van der Waals surface area contributed by atoms with Gasteiger partial charge < -0.3 is 15.0 Å². The second-order valence-electron chi connectivity index (χ2n) is 5.30. The lowest BCUT2D eigenvalue weighted by Gasteiger charge is -2.31. The van der Waals surface area contributed by atoms with E-state index < -0.39 is 0 Å². The van der Waals surface area contributed by atoms with E-state index in [4.69, 9.17) is 10.00 Å². The van der Waals surface area contributed by atoms with Gasteiger partial charge in [-0.3, -0.25) is 4.79 Å². The number of morpholine rings is 1. The van der Waals surface area contributed by atoms with Crippen LogP contribution in [0.1, 0.15) is 19.4 Å². The number of amides is 1. The van der Waals surface area contributed by atoms with Crippen molar-refractivity contribution in [1.82, 2.24) is 0 Å². The smallest absolute Gasteiger partial charge is 0.279 e. The Balaban J connectivity index is 1.94. The Morgan fingerprint density at radius 2 is 2.05 bits per heavy atom.